The van der Waals surface area contributed by atoms with Crippen LogP contribution in [0.4, 0.5) is 8.78 Å². The van der Waals surface area contributed by atoms with Crippen molar-refractivity contribution in [3.8, 4) is 28.5 Å². The highest BCUT2D eigenvalue weighted by atomic mass is 32.2. The Balaban J connectivity index is 2.07. The summed E-state index contributed by atoms with van der Waals surface area (Å²) in [4.78, 5) is 16.6. The Kier molecular flexibility index (Phi) is 5.13. The van der Waals surface area contributed by atoms with Crippen LogP contribution in [-0.4, -0.2) is 45.1 Å². The van der Waals surface area contributed by atoms with Crippen LogP contribution in [-0.2, 0) is 9.84 Å². The van der Waals surface area contributed by atoms with Crippen LogP contribution in [0.1, 0.15) is 13.8 Å². The Morgan fingerprint density at radius 1 is 1.06 bits per heavy atom. The normalized spacial score (nSPS) is 11.9. The summed E-state index contributed by atoms with van der Waals surface area (Å²) in [5.41, 5.74) is 0.865. The van der Waals surface area contributed by atoms with Crippen molar-refractivity contribution in [3.63, 3.8) is 0 Å². The molecule has 3 heterocycles. The van der Waals surface area contributed by atoms with Gasteiger partial charge < -0.3 is 4.74 Å². The van der Waals surface area contributed by atoms with Gasteiger partial charge in [-0.3, -0.25) is 4.40 Å². The zero-order chi connectivity index (χ0) is 22.3. The third-order valence-corrected chi connectivity index (χ3v) is 5.11. The maximum Gasteiger partial charge on any atom is 0.258 e. The van der Waals surface area contributed by atoms with Gasteiger partial charge in [0.15, 0.2) is 0 Å². The van der Waals surface area contributed by atoms with Gasteiger partial charge >= 0.3 is 0 Å². The Hall–Kier alpha value is -3.47. The number of halogens is 2. The van der Waals surface area contributed by atoms with E-state index in [4.69, 9.17) is 4.74 Å². The number of sulfone groups is 1. The van der Waals surface area contributed by atoms with Gasteiger partial charge in [-0.1, -0.05) is 0 Å². The number of fused-ring (bicyclic) bond motifs is 1. The van der Waals surface area contributed by atoms with Crippen LogP contribution in [0.2, 0.25) is 0 Å². The van der Waals surface area contributed by atoms with Crippen LogP contribution < -0.4 is 4.74 Å². The molecule has 4 rings (SSSR count). The first-order valence-corrected chi connectivity index (χ1v) is 11.1. The number of imidazole rings is 1. The highest BCUT2D eigenvalue weighted by Gasteiger charge is 2.24. The van der Waals surface area contributed by atoms with Crippen molar-refractivity contribution in [2.75, 3.05) is 6.26 Å². The van der Waals surface area contributed by atoms with Gasteiger partial charge in [0.2, 0.25) is 20.6 Å². The third-order valence-electron chi connectivity index (χ3n) is 4.25. The van der Waals surface area contributed by atoms with E-state index >= 15 is 0 Å². The molecule has 0 aliphatic rings. The van der Waals surface area contributed by atoms with Crippen molar-refractivity contribution in [2.45, 2.75) is 25.1 Å². The fourth-order valence-corrected chi connectivity index (χ4v) is 3.54. The molecule has 160 valence electrons. The molecule has 4 aromatic rings. The van der Waals surface area contributed by atoms with E-state index < -0.39 is 26.6 Å². The van der Waals surface area contributed by atoms with Crippen LogP contribution in [0, 0.1) is 11.6 Å². The van der Waals surface area contributed by atoms with Crippen molar-refractivity contribution in [1.29, 1.82) is 0 Å². The van der Waals surface area contributed by atoms with Crippen LogP contribution in [0.25, 0.3) is 28.3 Å². The Bertz CT molecular complexity index is 1400. The van der Waals surface area contributed by atoms with Crippen molar-refractivity contribution < 1.29 is 21.9 Å². The number of rotatable bonds is 5. The van der Waals surface area contributed by atoms with Gasteiger partial charge in [-0.05, 0) is 32.0 Å². The largest absolute Gasteiger partial charge is 0.472 e. The molecule has 3 aromatic heterocycles. The van der Waals surface area contributed by atoms with Crippen LogP contribution in [0.15, 0.2) is 48.0 Å². The fraction of sp³-hybridized carbons (Fsp3) is 0.200. The summed E-state index contributed by atoms with van der Waals surface area (Å²) < 4.78 is 59.4. The van der Waals surface area contributed by atoms with Gasteiger partial charge in [0.05, 0.1) is 17.5 Å². The zero-order valence-corrected chi connectivity index (χ0v) is 17.6. The average Bonchev–Trinajstić information content (AvgIpc) is 3.07. The smallest absolute Gasteiger partial charge is 0.258 e. The van der Waals surface area contributed by atoms with Gasteiger partial charge in [-0.25, -0.2) is 37.1 Å². The van der Waals surface area contributed by atoms with E-state index in [0.29, 0.717) is 0 Å². The highest BCUT2D eigenvalue weighted by Crippen LogP contribution is 2.35. The summed E-state index contributed by atoms with van der Waals surface area (Å²) in [6, 6.07) is 4.59. The van der Waals surface area contributed by atoms with Crippen LogP contribution >= 0.6 is 0 Å². The van der Waals surface area contributed by atoms with Gasteiger partial charge in [0, 0.05) is 36.5 Å². The lowest BCUT2D eigenvalue weighted by atomic mass is 10.1. The van der Waals surface area contributed by atoms with E-state index in [1.54, 1.807) is 10.6 Å². The number of benzene rings is 1. The summed E-state index contributed by atoms with van der Waals surface area (Å²) in [5, 5.41) is -0.391. The molecular formula is C20H17F2N5O3S. The first-order chi connectivity index (χ1) is 14.6. The van der Waals surface area contributed by atoms with Gasteiger partial charge in [-0.2, -0.15) is 0 Å². The number of hydrogen-bond donors (Lipinski definition) is 0. The molecule has 0 atom stereocenters. The average molecular weight is 445 g/mol. The molecule has 0 fully saturated rings. The molecule has 0 aliphatic heterocycles. The molecule has 1 aromatic carbocycles. The number of nitrogens with zero attached hydrogens (tertiary/aromatic N) is 5. The van der Waals surface area contributed by atoms with Crippen molar-refractivity contribution in [1.82, 2.24) is 24.3 Å². The number of aromatic nitrogens is 5. The minimum Gasteiger partial charge on any atom is -0.472 e. The minimum absolute atomic E-state index is 0.00937. The molecule has 0 unspecified atom stereocenters. The predicted molar refractivity (Wildman–Crippen MR) is 108 cm³/mol. The Labute approximate surface area is 176 Å². The second-order valence-corrected chi connectivity index (χ2v) is 8.93. The molecule has 0 saturated heterocycles. The molecule has 0 amide bonds. The van der Waals surface area contributed by atoms with Crippen LogP contribution in [0.3, 0.4) is 0 Å². The lowest BCUT2D eigenvalue weighted by Gasteiger charge is -2.09. The summed E-state index contributed by atoms with van der Waals surface area (Å²) in [5.74, 6) is -1.37. The number of hydrogen-bond acceptors (Lipinski definition) is 7. The molecule has 8 nitrogen and oxygen atoms in total. The van der Waals surface area contributed by atoms with Crippen molar-refractivity contribution >= 4 is 15.5 Å². The lowest BCUT2D eigenvalue weighted by molar-refractivity contribution is 0.234. The SMILES string of the molecule is CC(C)Oc1nccn2c(-c3ccnc(S(C)(=O)=O)n3)c(-c3ccc(F)cc3F)nc12. The molecule has 0 spiro atoms. The summed E-state index contributed by atoms with van der Waals surface area (Å²) in [6.45, 7) is 3.64. The summed E-state index contributed by atoms with van der Waals surface area (Å²) in [7, 11) is -3.70. The second-order valence-electron chi connectivity index (χ2n) is 7.02. The molecule has 0 radical (unpaired) electrons. The molecule has 0 bridgehead atoms. The molecule has 0 aliphatic carbocycles. The maximum absolute atomic E-state index is 14.7. The third kappa shape index (κ3) is 3.96. The molecule has 31 heavy (non-hydrogen) atoms. The van der Waals surface area contributed by atoms with E-state index in [1.165, 1.54) is 24.5 Å². The number of ether oxygens (including phenoxy) is 1. The van der Waals surface area contributed by atoms with Crippen molar-refractivity contribution in [2.24, 2.45) is 0 Å². The first-order valence-electron chi connectivity index (χ1n) is 9.18. The zero-order valence-electron chi connectivity index (χ0n) is 16.7. The Morgan fingerprint density at radius 2 is 1.84 bits per heavy atom. The van der Waals surface area contributed by atoms with Crippen LogP contribution in [0.5, 0.6) is 5.88 Å². The molecule has 0 saturated carbocycles. The van der Waals surface area contributed by atoms with E-state index in [1.807, 2.05) is 13.8 Å². The molecular weight excluding hydrogens is 428 g/mol. The van der Waals surface area contributed by atoms with Gasteiger partial charge in [0.1, 0.15) is 17.3 Å². The van der Waals surface area contributed by atoms with E-state index in [-0.39, 0.29) is 40.3 Å². The Morgan fingerprint density at radius 3 is 2.52 bits per heavy atom. The molecule has 11 heteroatoms. The molecule has 0 N–H and O–H groups in total. The van der Waals surface area contributed by atoms with E-state index in [0.717, 1.165) is 18.4 Å². The van der Waals surface area contributed by atoms with Gasteiger partial charge in [0.25, 0.3) is 5.88 Å². The van der Waals surface area contributed by atoms with E-state index in [2.05, 4.69) is 19.9 Å². The first kappa shape index (κ1) is 20.8. The maximum atomic E-state index is 14.7. The second kappa shape index (κ2) is 7.65. The monoisotopic (exact) mass is 445 g/mol. The topological polar surface area (TPSA) is 99.3 Å². The standard InChI is InChI=1S/C20H17F2N5O3S/c1-11(2)30-19-18-26-16(13-5-4-12(21)10-14(13)22)17(27(18)9-8-23-19)15-6-7-24-20(25-15)31(3,28)29/h4-11H,1-3H3. The lowest BCUT2D eigenvalue weighted by Crippen LogP contribution is -2.08. The van der Waals surface area contributed by atoms with Crippen molar-refractivity contribution in [3.05, 3.63) is 54.5 Å². The van der Waals surface area contributed by atoms with E-state index in [9.17, 15) is 17.2 Å². The highest BCUT2D eigenvalue weighted by molar-refractivity contribution is 7.90. The predicted octanol–water partition coefficient (Wildman–Crippen LogP) is 3.32. The fourth-order valence-electron chi connectivity index (χ4n) is 3.03. The summed E-state index contributed by atoms with van der Waals surface area (Å²) in [6.07, 6.45) is 5.10. The minimum atomic E-state index is -3.70. The summed E-state index contributed by atoms with van der Waals surface area (Å²) >= 11 is 0. The quantitative estimate of drug-likeness (QED) is 0.435. The van der Waals surface area contributed by atoms with Gasteiger partial charge in [-0.15, -0.1) is 0 Å².